The van der Waals surface area contributed by atoms with E-state index < -0.39 is 4.92 Å². The Bertz CT molecular complexity index is 784. The summed E-state index contributed by atoms with van der Waals surface area (Å²) in [5.74, 6) is 0.802. The number of pyridine rings is 1. The Kier molecular flexibility index (Phi) is 3.57. The Morgan fingerprint density at radius 1 is 1.14 bits per heavy atom. The Labute approximate surface area is 120 Å². The lowest BCUT2D eigenvalue weighted by Gasteiger charge is -2.04. The third-order valence-corrected chi connectivity index (χ3v) is 3.12. The maximum Gasteiger partial charge on any atom is 0.269 e. The number of fused-ring (bicyclic) bond motifs is 1. The molecule has 0 saturated heterocycles. The molecular formula is C14H13N5O2. The summed E-state index contributed by atoms with van der Waals surface area (Å²) in [6, 6.07) is 12.3. The van der Waals surface area contributed by atoms with Crippen molar-refractivity contribution in [3.63, 3.8) is 0 Å². The molecule has 2 heterocycles. The molecule has 0 atom stereocenters. The molecule has 0 bridgehead atoms. The molecule has 0 amide bonds. The lowest BCUT2D eigenvalue weighted by Crippen LogP contribution is -2.15. The molecule has 106 valence electrons. The second-order valence-electron chi connectivity index (χ2n) is 4.58. The maximum atomic E-state index is 10.7. The van der Waals surface area contributed by atoms with Gasteiger partial charge in [0.1, 0.15) is 0 Å². The highest BCUT2D eigenvalue weighted by atomic mass is 16.6. The number of hydrogen-bond acceptors (Lipinski definition) is 5. The Morgan fingerprint density at radius 2 is 2.05 bits per heavy atom. The zero-order chi connectivity index (χ0) is 14.7. The van der Waals surface area contributed by atoms with Gasteiger partial charge in [0.2, 0.25) is 0 Å². The van der Waals surface area contributed by atoms with Gasteiger partial charge in [-0.25, -0.2) is 0 Å². The fraction of sp³-hybridized carbons (Fsp3) is 0.143. The van der Waals surface area contributed by atoms with Gasteiger partial charge in [0.05, 0.1) is 11.5 Å². The first kappa shape index (κ1) is 13.2. The first-order valence-corrected chi connectivity index (χ1v) is 6.47. The van der Waals surface area contributed by atoms with Gasteiger partial charge >= 0.3 is 0 Å². The van der Waals surface area contributed by atoms with Gasteiger partial charge < -0.3 is 5.32 Å². The van der Waals surface area contributed by atoms with Crippen molar-refractivity contribution in [2.24, 2.45) is 0 Å². The summed E-state index contributed by atoms with van der Waals surface area (Å²) >= 11 is 0. The van der Waals surface area contributed by atoms with Crippen molar-refractivity contribution < 1.29 is 4.92 Å². The zero-order valence-corrected chi connectivity index (χ0v) is 11.1. The molecule has 0 radical (unpaired) electrons. The van der Waals surface area contributed by atoms with Crippen LogP contribution in [-0.4, -0.2) is 19.5 Å². The standard InChI is InChI=1S/C14H13N5O2/c20-19(21)12-5-3-4-11(8-12)9-15-10-14-17-16-13-6-1-2-7-18(13)14/h1-8,15H,9-10H2. The predicted octanol–water partition coefficient (Wildman–Crippen LogP) is 1.93. The number of nitrogens with zero attached hydrogens (tertiary/aromatic N) is 4. The molecule has 0 aliphatic carbocycles. The van der Waals surface area contributed by atoms with E-state index in [9.17, 15) is 10.1 Å². The minimum atomic E-state index is -0.393. The van der Waals surface area contributed by atoms with Crippen LogP contribution >= 0.6 is 0 Å². The largest absolute Gasteiger partial charge is 0.306 e. The van der Waals surface area contributed by atoms with E-state index in [4.69, 9.17) is 0 Å². The molecule has 3 rings (SSSR count). The molecule has 3 aromatic rings. The Balaban J connectivity index is 1.66. The van der Waals surface area contributed by atoms with Gasteiger partial charge in [-0.05, 0) is 17.7 Å². The summed E-state index contributed by atoms with van der Waals surface area (Å²) < 4.78 is 1.90. The summed E-state index contributed by atoms with van der Waals surface area (Å²) in [5, 5.41) is 22.1. The second kappa shape index (κ2) is 5.68. The lowest BCUT2D eigenvalue weighted by atomic mass is 10.2. The highest BCUT2D eigenvalue weighted by Gasteiger charge is 2.06. The molecule has 2 aromatic heterocycles. The summed E-state index contributed by atoms with van der Waals surface area (Å²) in [6.45, 7) is 1.07. The summed E-state index contributed by atoms with van der Waals surface area (Å²) in [4.78, 5) is 10.3. The molecule has 21 heavy (non-hydrogen) atoms. The van der Waals surface area contributed by atoms with Crippen molar-refractivity contribution in [3.8, 4) is 0 Å². The van der Waals surface area contributed by atoms with Crippen LogP contribution in [0, 0.1) is 10.1 Å². The molecule has 7 heteroatoms. The van der Waals surface area contributed by atoms with Crippen molar-refractivity contribution in [2.75, 3.05) is 0 Å². The van der Waals surface area contributed by atoms with E-state index >= 15 is 0 Å². The van der Waals surface area contributed by atoms with Gasteiger partial charge in [-0.3, -0.25) is 14.5 Å². The number of nitro benzene ring substituents is 1. The number of hydrogen-bond donors (Lipinski definition) is 1. The van der Waals surface area contributed by atoms with Crippen LogP contribution in [0.3, 0.4) is 0 Å². The molecule has 0 unspecified atom stereocenters. The minimum absolute atomic E-state index is 0.0993. The van der Waals surface area contributed by atoms with Crippen LogP contribution in [0.1, 0.15) is 11.4 Å². The average Bonchev–Trinajstić information content (AvgIpc) is 2.91. The zero-order valence-electron chi connectivity index (χ0n) is 11.1. The van der Waals surface area contributed by atoms with Gasteiger partial charge in [-0.2, -0.15) is 0 Å². The summed E-state index contributed by atoms with van der Waals surface area (Å²) in [6.07, 6.45) is 1.90. The minimum Gasteiger partial charge on any atom is -0.306 e. The third kappa shape index (κ3) is 2.87. The van der Waals surface area contributed by atoms with Crippen LogP contribution in [0.15, 0.2) is 48.7 Å². The lowest BCUT2D eigenvalue weighted by molar-refractivity contribution is -0.384. The van der Waals surface area contributed by atoms with Gasteiger partial charge in [-0.1, -0.05) is 18.2 Å². The van der Waals surface area contributed by atoms with Gasteiger partial charge in [0.25, 0.3) is 5.69 Å². The highest BCUT2D eigenvalue weighted by molar-refractivity contribution is 5.37. The molecule has 0 fully saturated rings. The number of nitrogens with one attached hydrogen (secondary N) is 1. The van der Waals surface area contributed by atoms with E-state index in [1.54, 1.807) is 12.1 Å². The smallest absolute Gasteiger partial charge is 0.269 e. The topological polar surface area (TPSA) is 85.4 Å². The van der Waals surface area contributed by atoms with Crippen molar-refractivity contribution in [2.45, 2.75) is 13.1 Å². The van der Waals surface area contributed by atoms with Gasteiger partial charge in [0.15, 0.2) is 11.5 Å². The van der Waals surface area contributed by atoms with Crippen LogP contribution in [0.5, 0.6) is 0 Å². The van der Waals surface area contributed by atoms with E-state index in [2.05, 4.69) is 15.5 Å². The fourth-order valence-corrected chi connectivity index (χ4v) is 2.11. The van der Waals surface area contributed by atoms with E-state index in [0.717, 1.165) is 17.0 Å². The first-order valence-electron chi connectivity index (χ1n) is 6.47. The van der Waals surface area contributed by atoms with Crippen molar-refractivity contribution >= 4 is 11.3 Å². The maximum absolute atomic E-state index is 10.7. The Hall–Kier alpha value is -2.80. The third-order valence-electron chi connectivity index (χ3n) is 3.12. The number of non-ortho nitro benzene ring substituents is 1. The van der Waals surface area contributed by atoms with E-state index in [1.807, 2.05) is 34.9 Å². The number of aromatic nitrogens is 3. The number of rotatable bonds is 5. The van der Waals surface area contributed by atoms with Gasteiger partial charge in [-0.15, -0.1) is 10.2 Å². The molecule has 7 nitrogen and oxygen atoms in total. The van der Waals surface area contributed by atoms with E-state index in [1.165, 1.54) is 6.07 Å². The number of nitro groups is 1. The molecular weight excluding hydrogens is 270 g/mol. The van der Waals surface area contributed by atoms with Crippen LogP contribution < -0.4 is 5.32 Å². The first-order chi connectivity index (χ1) is 10.2. The highest BCUT2D eigenvalue weighted by Crippen LogP contribution is 2.13. The number of benzene rings is 1. The second-order valence-corrected chi connectivity index (χ2v) is 4.58. The Morgan fingerprint density at radius 3 is 2.90 bits per heavy atom. The molecule has 0 saturated carbocycles. The predicted molar refractivity (Wildman–Crippen MR) is 76.6 cm³/mol. The molecule has 1 aromatic carbocycles. The monoisotopic (exact) mass is 283 g/mol. The summed E-state index contributed by atoms with van der Waals surface area (Å²) in [7, 11) is 0. The normalized spacial score (nSPS) is 10.9. The molecule has 0 aliphatic rings. The molecule has 0 aliphatic heterocycles. The van der Waals surface area contributed by atoms with E-state index in [0.29, 0.717) is 13.1 Å². The van der Waals surface area contributed by atoms with Crippen LogP contribution in [0.25, 0.3) is 5.65 Å². The molecule has 1 N–H and O–H groups in total. The van der Waals surface area contributed by atoms with Crippen LogP contribution in [-0.2, 0) is 13.1 Å². The van der Waals surface area contributed by atoms with Crippen molar-refractivity contribution in [3.05, 3.63) is 70.2 Å². The van der Waals surface area contributed by atoms with Crippen molar-refractivity contribution in [1.82, 2.24) is 19.9 Å². The van der Waals surface area contributed by atoms with E-state index in [-0.39, 0.29) is 5.69 Å². The van der Waals surface area contributed by atoms with Crippen molar-refractivity contribution in [1.29, 1.82) is 0 Å². The summed E-state index contributed by atoms with van der Waals surface area (Å²) in [5.41, 5.74) is 1.75. The van der Waals surface area contributed by atoms with Crippen LogP contribution in [0.2, 0.25) is 0 Å². The average molecular weight is 283 g/mol. The SMILES string of the molecule is O=[N+]([O-])c1cccc(CNCc2nnc3ccccn23)c1. The fourth-order valence-electron chi connectivity index (χ4n) is 2.11. The van der Waals surface area contributed by atoms with Gasteiger partial charge in [0, 0.05) is 24.9 Å². The quantitative estimate of drug-likeness (QED) is 0.571. The van der Waals surface area contributed by atoms with Crippen LogP contribution in [0.4, 0.5) is 5.69 Å². The molecule has 0 spiro atoms.